The number of ether oxygens (including phenoxy) is 2. The molecule has 0 bridgehead atoms. The van der Waals surface area contributed by atoms with Crippen molar-refractivity contribution >= 4 is 5.97 Å². The van der Waals surface area contributed by atoms with Crippen LogP contribution in [-0.2, 0) is 14.3 Å². The molecule has 2 atom stereocenters. The van der Waals surface area contributed by atoms with E-state index in [9.17, 15) is 4.79 Å². The van der Waals surface area contributed by atoms with Gasteiger partial charge >= 0.3 is 5.97 Å². The summed E-state index contributed by atoms with van der Waals surface area (Å²) in [6.45, 7) is 5.35. The van der Waals surface area contributed by atoms with Crippen molar-refractivity contribution in [2.24, 2.45) is 5.92 Å². The summed E-state index contributed by atoms with van der Waals surface area (Å²) in [6, 6.07) is -0.225. The van der Waals surface area contributed by atoms with Gasteiger partial charge in [0.1, 0.15) is 6.04 Å². The zero-order chi connectivity index (χ0) is 12.7. The third-order valence-corrected chi connectivity index (χ3v) is 2.90. The molecule has 1 saturated heterocycles. The Morgan fingerprint density at radius 2 is 2.35 bits per heavy atom. The topological polar surface area (TPSA) is 50.8 Å². The van der Waals surface area contributed by atoms with Crippen LogP contribution in [0.5, 0.6) is 0 Å². The minimum Gasteiger partial charge on any atom is -0.465 e. The van der Waals surface area contributed by atoms with Crippen LogP contribution >= 0.6 is 0 Å². The van der Waals surface area contributed by atoms with Gasteiger partial charge in [-0.25, -0.2) is 0 Å². The molecule has 0 saturated carbocycles. The minimum atomic E-state index is -0.225. The van der Waals surface area contributed by atoms with Gasteiger partial charge in [0.05, 0.1) is 13.2 Å². The molecule has 0 aromatic rings. The Morgan fingerprint density at radius 3 is 2.88 bits per heavy atom. The highest BCUT2D eigenvalue weighted by molar-refractivity contribution is 5.76. The van der Waals surface area contributed by atoms with Crippen LogP contribution in [0.2, 0.25) is 0 Å². The van der Waals surface area contributed by atoms with Gasteiger partial charge in [0, 0.05) is 25.6 Å². The van der Waals surface area contributed by atoms with Crippen molar-refractivity contribution in [1.29, 1.82) is 0 Å². The summed E-state index contributed by atoms with van der Waals surface area (Å²) < 4.78 is 10.4. The number of hydrogen-bond donors (Lipinski definition) is 1. The van der Waals surface area contributed by atoms with E-state index in [1.807, 2.05) is 21.0 Å². The fourth-order valence-electron chi connectivity index (χ4n) is 1.93. The van der Waals surface area contributed by atoms with E-state index in [-0.39, 0.29) is 17.9 Å². The lowest BCUT2D eigenvalue weighted by Gasteiger charge is -2.22. The van der Waals surface area contributed by atoms with Crippen molar-refractivity contribution in [1.82, 2.24) is 10.2 Å². The van der Waals surface area contributed by atoms with Gasteiger partial charge in [-0.3, -0.25) is 4.79 Å². The molecule has 2 unspecified atom stereocenters. The van der Waals surface area contributed by atoms with Gasteiger partial charge in [0.2, 0.25) is 0 Å². The number of nitrogens with zero attached hydrogens (tertiary/aromatic N) is 1. The average molecular weight is 244 g/mol. The predicted octanol–water partition coefficient (Wildman–Crippen LogP) is 0.106. The molecule has 17 heavy (non-hydrogen) atoms. The molecule has 1 N–H and O–H groups in total. The van der Waals surface area contributed by atoms with E-state index in [0.717, 1.165) is 26.1 Å². The van der Waals surface area contributed by atoms with Crippen molar-refractivity contribution in [2.45, 2.75) is 19.4 Å². The van der Waals surface area contributed by atoms with Crippen molar-refractivity contribution in [3.63, 3.8) is 0 Å². The van der Waals surface area contributed by atoms with E-state index < -0.39 is 0 Å². The van der Waals surface area contributed by atoms with Crippen LogP contribution in [0.4, 0.5) is 0 Å². The Kier molecular flexibility index (Phi) is 6.47. The quantitative estimate of drug-likeness (QED) is 0.644. The number of carbonyl (C=O) groups excluding carboxylic acids is 1. The highest BCUT2D eigenvalue weighted by atomic mass is 16.5. The van der Waals surface area contributed by atoms with Gasteiger partial charge in [0.25, 0.3) is 0 Å². The van der Waals surface area contributed by atoms with Gasteiger partial charge in [-0.15, -0.1) is 0 Å². The molecule has 0 amide bonds. The number of hydrogen-bond acceptors (Lipinski definition) is 5. The first-order valence-electron chi connectivity index (χ1n) is 6.27. The fourth-order valence-corrected chi connectivity index (χ4v) is 1.93. The van der Waals surface area contributed by atoms with Gasteiger partial charge in [-0.2, -0.15) is 0 Å². The summed E-state index contributed by atoms with van der Waals surface area (Å²) in [6.07, 6.45) is 0.929. The average Bonchev–Trinajstić information content (AvgIpc) is 2.77. The van der Waals surface area contributed by atoms with Gasteiger partial charge in [0.15, 0.2) is 0 Å². The molecule has 1 rings (SSSR count). The fraction of sp³-hybridized carbons (Fsp3) is 0.917. The monoisotopic (exact) mass is 244 g/mol. The molecule has 1 aliphatic rings. The van der Waals surface area contributed by atoms with Crippen LogP contribution in [0.15, 0.2) is 0 Å². The Bertz CT molecular complexity index is 228. The maximum atomic E-state index is 11.9. The summed E-state index contributed by atoms with van der Waals surface area (Å²) >= 11 is 0. The molecule has 0 aromatic heterocycles. The molecule has 0 radical (unpaired) electrons. The first kappa shape index (κ1) is 14.4. The van der Waals surface area contributed by atoms with Crippen molar-refractivity contribution in [2.75, 3.05) is 47.0 Å². The second-order valence-electron chi connectivity index (χ2n) is 4.61. The standard InChI is InChI=1S/C12H24N2O3/c1-4-17-12(15)11(10-5-8-16-9-10)13-6-7-14(2)3/h10-11,13H,4-9H2,1-3H3. The van der Waals surface area contributed by atoms with E-state index in [0.29, 0.717) is 13.2 Å². The third kappa shape index (κ3) is 5.02. The van der Waals surface area contributed by atoms with Crippen LogP contribution in [0.1, 0.15) is 13.3 Å². The van der Waals surface area contributed by atoms with Crippen molar-refractivity contribution in [3.8, 4) is 0 Å². The second-order valence-corrected chi connectivity index (χ2v) is 4.61. The molecule has 0 aromatic carbocycles. The molecule has 100 valence electrons. The van der Waals surface area contributed by atoms with Gasteiger partial charge in [-0.05, 0) is 27.4 Å². The maximum absolute atomic E-state index is 11.9. The van der Waals surface area contributed by atoms with E-state index >= 15 is 0 Å². The summed E-state index contributed by atoms with van der Waals surface area (Å²) in [5.74, 6) is 0.0953. The molecular weight excluding hydrogens is 220 g/mol. The summed E-state index contributed by atoms with van der Waals surface area (Å²) in [4.78, 5) is 13.9. The zero-order valence-corrected chi connectivity index (χ0v) is 11.1. The highest BCUT2D eigenvalue weighted by Crippen LogP contribution is 2.17. The molecule has 0 aliphatic carbocycles. The number of rotatable bonds is 7. The number of esters is 1. The molecule has 1 heterocycles. The van der Waals surface area contributed by atoms with E-state index in [1.165, 1.54) is 0 Å². The van der Waals surface area contributed by atoms with Crippen LogP contribution in [0.25, 0.3) is 0 Å². The molecule has 5 heteroatoms. The van der Waals surface area contributed by atoms with Crippen LogP contribution < -0.4 is 5.32 Å². The highest BCUT2D eigenvalue weighted by Gasteiger charge is 2.31. The largest absolute Gasteiger partial charge is 0.465 e. The lowest BCUT2D eigenvalue weighted by atomic mass is 9.99. The minimum absolute atomic E-state index is 0.151. The lowest BCUT2D eigenvalue weighted by Crippen LogP contribution is -2.46. The van der Waals surface area contributed by atoms with Crippen molar-refractivity contribution in [3.05, 3.63) is 0 Å². The molecule has 5 nitrogen and oxygen atoms in total. The van der Waals surface area contributed by atoms with E-state index in [1.54, 1.807) is 0 Å². The summed E-state index contributed by atoms with van der Waals surface area (Å²) in [5.41, 5.74) is 0. The first-order valence-corrected chi connectivity index (χ1v) is 6.27. The Balaban J connectivity index is 2.43. The van der Waals surface area contributed by atoms with Crippen LogP contribution in [-0.4, -0.2) is 63.9 Å². The molecule has 1 aliphatic heterocycles. The Hall–Kier alpha value is -0.650. The predicted molar refractivity (Wildman–Crippen MR) is 65.9 cm³/mol. The SMILES string of the molecule is CCOC(=O)C(NCCN(C)C)C1CCOC1. The number of nitrogens with one attached hydrogen (secondary N) is 1. The van der Waals surface area contributed by atoms with Gasteiger partial charge in [-0.1, -0.05) is 0 Å². The summed E-state index contributed by atoms with van der Waals surface area (Å²) in [7, 11) is 4.03. The molecular formula is C12H24N2O3. The Labute approximate surface area is 103 Å². The van der Waals surface area contributed by atoms with E-state index in [2.05, 4.69) is 10.2 Å². The van der Waals surface area contributed by atoms with Crippen molar-refractivity contribution < 1.29 is 14.3 Å². The van der Waals surface area contributed by atoms with E-state index in [4.69, 9.17) is 9.47 Å². The van der Waals surface area contributed by atoms with Gasteiger partial charge < -0.3 is 19.7 Å². The normalized spacial score (nSPS) is 21.8. The van der Waals surface area contributed by atoms with Crippen LogP contribution in [0.3, 0.4) is 0 Å². The smallest absolute Gasteiger partial charge is 0.323 e. The molecule has 0 spiro atoms. The van der Waals surface area contributed by atoms with Crippen LogP contribution in [0, 0.1) is 5.92 Å². The summed E-state index contributed by atoms with van der Waals surface area (Å²) in [5, 5.41) is 3.28. The lowest BCUT2D eigenvalue weighted by molar-refractivity contribution is -0.147. The molecule has 1 fully saturated rings. The maximum Gasteiger partial charge on any atom is 0.323 e. The second kappa shape index (κ2) is 7.63. The number of carbonyl (C=O) groups is 1. The Morgan fingerprint density at radius 1 is 1.59 bits per heavy atom. The number of likely N-dealkylation sites (N-methyl/N-ethyl adjacent to an activating group) is 1. The third-order valence-electron chi connectivity index (χ3n) is 2.90. The zero-order valence-electron chi connectivity index (χ0n) is 11.1. The first-order chi connectivity index (χ1) is 8.15.